The number of nitrogen functional groups attached to an aromatic ring is 1. The van der Waals surface area contributed by atoms with Gasteiger partial charge in [0.1, 0.15) is 10.7 Å². The third kappa shape index (κ3) is 2.72. The standard InChI is InChI=1S/C12H17FN2O3S/c1-18-9-5-7-15(8-6-9)19(16,17)11-4-2-3-10(13)12(11)14/h2-4,9H,5-8,14H2,1H3. The van der Waals surface area contributed by atoms with E-state index in [1.807, 2.05) is 0 Å². The van der Waals surface area contributed by atoms with Gasteiger partial charge < -0.3 is 10.5 Å². The van der Waals surface area contributed by atoms with Crippen LogP contribution < -0.4 is 5.73 Å². The fraction of sp³-hybridized carbons (Fsp3) is 0.500. The number of methoxy groups -OCH3 is 1. The molecule has 1 aliphatic rings. The first-order valence-electron chi connectivity index (χ1n) is 6.03. The molecular formula is C12H17FN2O3S. The number of anilines is 1. The molecule has 1 aromatic carbocycles. The molecule has 1 aromatic rings. The van der Waals surface area contributed by atoms with E-state index in [0.29, 0.717) is 25.9 Å². The fourth-order valence-corrected chi connectivity index (χ4v) is 3.79. The van der Waals surface area contributed by atoms with Crippen LogP contribution in [0.4, 0.5) is 10.1 Å². The number of nitrogens with two attached hydrogens (primary N) is 1. The van der Waals surface area contributed by atoms with Gasteiger partial charge in [0.2, 0.25) is 10.0 Å². The van der Waals surface area contributed by atoms with Crippen molar-refractivity contribution in [1.82, 2.24) is 4.31 Å². The Balaban J connectivity index is 2.26. The third-order valence-electron chi connectivity index (χ3n) is 3.37. The van der Waals surface area contributed by atoms with Crippen LogP contribution in [0.15, 0.2) is 23.1 Å². The van der Waals surface area contributed by atoms with Crippen LogP contribution in [0.1, 0.15) is 12.8 Å². The van der Waals surface area contributed by atoms with Crippen molar-refractivity contribution in [3.05, 3.63) is 24.0 Å². The van der Waals surface area contributed by atoms with Crippen molar-refractivity contribution in [1.29, 1.82) is 0 Å². The Kier molecular flexibility index (Phi) is 4.07. The summed E-state index contributed by atoms with van der Waals surface area (Å²) < 4.78 is 44.7. The zero-order valence-corrected chi connectivity index (χ0v) is 11.5. The van der Waals surface area contributed by atoms with Crippen LogP contribution in [0.3, 0.4) is 0 Å². The maximum Gasteiger partial charge on any atom is 0.245 e. The average Bonchev–Trinajstić information content (AvgIpc) is 2.41. The molecule has 1 fully saturated rings. The number of piperidine rings is 1. The second-order valence-corrected chi connectivity index (χ2v) is 6.40. The summed E-state index contributed by atoms with van der Waals surface area (Å²) in [6.07, 6.45) is 1.34. The molecule has 0 atom stereocenters. The van der Waals surface area contributed by atoms with Gasteiger partial charge in [-0.2, -0.15) is 4.31 Å². The van der Waals surface area contributed by atoms with Crippen molar-refractivity contribution >= 4 is 15.7 Å². The van der Waals surface area contributed by atoms with E-state index in [1.165, 1.54) is 16.4 Å². The van der Waals surface area contributed by atoms with Gasteiger partial charge >= 0.3 is 0 Å². The van der Waals surface area contributed by atoms with Gasteiger partial charge in [0.05, 0.1) is 11.8 Å². The van der Waals surface area contributed by atoms with Crippen LogP contribution in [-0.4, -0.2) is 39.0 Å². The van der Waals surface area contributed by atoms with Gasteiger partial charge in [-0.3, -0.25) is 0 Å². The minimum Gasteiger partial charge on any atom is -0.395 e. The highest BCUT2D eigenvalue weighted by Crippen LogP contribution is 2.27. The van der Waals surface area contributed by atoms with E-state index in [0.717, 1.165) is 6.07 Å². The van der Waals surface area contributed by atoms with Gasteiger partial charge in [0, 0.05) is 20.2 Å². The van der Waals surface area contributed by atoms with Gasteiger partial charge in [-0.25, -0.2) is 12.8 Å². The van der Waals surface area contributed by atoms with Gasteiger partial charge in [0.15, 0.2) is 0 Å². The summed E-state index contributed by atoms with van der Waals surface area (Å²) in [5.74, 6) is -0.715. The number of halogens is 1. The summed E-state index contributed by atoms with van der Waals surface area (Å²) in [5.41, 5.74) is 5.20. The van der Waals surface area contributed by atoms with Crippen LogP contribution in [-0.2, 0) is 14.8 Å². The lowest BCUT2D eigenvalue weighted by Crippen LogP contribution is -2.40. The van der Waals surface area contributed by atoms with Crippen LogP contribution >= 0.6 is 0 Å². The number of nitrogens with zero attached hydrogens (tertiary/aromatic N) is 1. The third-order valence-corrected chi connectivity index (χ3v) is 5.32. The van der Waals surface area contributed by atoms with Crippen LogP contribution in [0.25, 0.3) is 0 Å². The molecule has 0 aliphatic carbocycles. The van der Waals surface area contributed by atoms with Crippen molar-refractivity contribution in [2.75, 3.05) is 25.9 Å². The number of benzene rings is 1. The Morgan fingerprint density at radius 2 is 2.00 bits per heavy atom. The Labute approximate surface area is 112 Å². The summed E-state index contributed by atoms with van der Waals surface area (Å²) in [6.45, 7) is 0.716. The van der Waals surface area contributed by atoms with E-state index in [2.05, 4.69) is 0 Å². The summed E-state index contributed by atoms with van der Waals surface area (Å²) in [6, 6.07) is 3.82. The molecule has 2 rings (SSSR count). The molecule has 19 heavy (non-hydrogen) atoms. The van der Waals surface area contributed by atoms with Crippen molar-refractivity contribution in [3.8, 4) is 0 Å². The lowest BCUT2D eigenvalue weighted by atomic mass is 10.1. The summed E-state index contributed by atoms with van der Waals surface area (Å²) >= 11 is 0. The van der Waals surface area contributed by atoms with Gasteiger partial charge in [-0.15, -0.1) is 0 Å². The molecule has 0 aromatic heterocycles. The lowest BCUT2D eigenvalue weighted by molar-refractivity contribution is 0.0604. The smallest absolute Gasteiger partial charge is 0.245 e. The maximum absolute atomic E-state index is 13.4. The van der Waals surface area contributed by atoms with Crippen molar-refractivity contribution < 1.29 is 17.5 Å². The van der Waals surface area contributed by atoms with Crippen molar-refractivity contribution in [2.24, 2.45) is 0 Å². The largest absolute Gasteiger partial charge is 0.395 e. The molecule has 1 heterocycles. The highest BCUT2D eigenvalue weighted by atomic mass is 32.2. The van der Waals surface area contributed by atoms with E-state index in [-0.39, 0.29) is 16.7 Å². The fourth-order valence-electron chi connectivity index (χ4n) is 2.19. The Hall–Kier alpha value is -1.18. The second-order valence-electron chi connectivity index (χ2n) is 4.49. The zero-order valence-electron chi connectivity index (χ0n) is 10.7. The second kappa shape index (κ2) is 5.44. The first kappa shape index (κ1) is 14.2. The minimum atomic E-state index is -3.73. The predicted molar refractivity (Wildman–Crippen MR) is 69.6 cm³/mol. The SMILES string of the molecule is COC1CCN(S(=O)(=O)c2cccc(F)c2N)CC1. The van der Waals surface area contributed by atoms with E-state index in [1.54, 1.807) is 7.11 Å². The highest BCUT2D eigenvalue weighted by Gasteiger charge is 2.31. The number of para-hydroxylation sites is 1. The summed E-state index contributed by atoms with van der Waals surface area (Å²) in [5, 5.41) is 0. The molecule has 0 spiro atoms. The van der Waals surface area contributed by atoms with Crippen molar-refractivity contribution in [2.45, 2.75) is 23.8 Å². The van der Waals surface area contributed by atoms with E-state index < -0.39 is 15.8 Å². The first-order valence-corrected chi connectivity index (χ1v) is 7.47. The molecule has 0 radical (unpaired) electrons. The Morgan fingerprint density at radius 3 is 2.58 bits per heavy atom. The van der Waals surface area contributed by atoms with E-state index in [9.17, 15) is 12.8 Å². The molecule has 0 bridgehead atoms. The Bertz CT molecular complexity index is 554. The molecule has 0 unspecified atom stereocenters. The Morgan fingerprint density at radius 1 is 1.37 bits per heavy atom. The first-order chi connectivity index (χ1) is 8.96. The van der Waals surface area contributed by atoms with Crippen LogP contribution in [0.2, 0.25) is 0 Å². The number of ether oxygens (including phenoxy) is 1. The van der Waals surface area contributed by atoms with Gasteiger partial charge in [-0.05, 0) is 25.0 Å². The van der Waals surface area contributed by atoms with Crippen LogP contribution in [0, 0.1) is 5.82 Å². The average molecular weight is 288 g/mol. The molecule has 5 nitrogen and oxygen atoms in total. The number of rotatable bonds is 3. The normalized spacial score (nSPS) is 18.6. The van der Waals surface area contributed by atoms with E-state index >= 15 is 0 Å². The molecule has 0 amide bonds. The maximum atomic E-state index is 13.4. The topological polar surface area (TPSA) is 72.6 Å². The quantitative estimate of drug-likeness (QED) is 0.848. The summed E-state index contributed by atoms with van der Waals surface area (Å²) in [4.78, 5) is -0.164. The summed E-state index contributed by atoms with van der Waals surface area (Å²) in [7, 11) is -2.12. The molecule has 2 N–H and O–H groups in total. The molecule has 1 aliphatic heterocycles. The number of hydrogen-bond donors (Lipinski definition) is 1. The highest BCUT2D eigenvalue weighted by molar-refractivity contribution is 7.89. The minimum absolute atomic E-state index is 0.0799. The van der Waals surface area contributed by atoms with Gasteiger partial charge in [0.25, 0.3) is 0 Å². The number of sulfonamides is 1. The zero-order chi connectivity index (χ0) is 14.0. The molecule has 0 saturated carbocycles. The molecule has 106 valence electrons. The molecule has 1 saturated heterocycles. The lowest BCUT2D eigenvalue weighted by Gasteiger charge is -2.30. The predicted octanol–water partition coefficient (Wildman–Crippen LogP) is 1.21. The van der Waals surface area contributed by atoms with Crippen molar-refractivity contribution in [3.63, 3.8) is 0 Å². The van der Waals surface area contributed by atoms with Crippen LogP contribution in [0.5, 0.6) is 0 Å². The molecule has 7 heteroatoms. The molecular weight excluding hydrogens is 271 g/mol. The monoisotopic (exact) mass is 288 g/mol. The number of hydrogen-bond acceptors (Lipinski definition) is 4. The van der Waals surface area contributed by atoms with E-state index in [4.69, 9.17) is 10.5 Å². The van der Waals surface area contributed by atoms with Gasteiger partial charge in [-0.1, -0.05) is 6.07 Å².